The Morgan fingerprint density at radius 3 is 2.24 bits per heavy atom. The van der Waals surface area contributed by atoms with E-state index in [1.165, 1.54) is 6.20 Å². The average Bonchev–Trinajstić information content (AvgIpc) is 3.59. The van der Waals surface area contributed by atoms with Crippen LogP contribution in [-0.2, 0) is 20.9 Å². The van der Waals surface area contributed by atoms with Gasteiger partial charge in [-0.25, -0.2) is 14.6 Å². The van der Waals surface area contributed by atoms with Gasteiger partial charge in [0, 0.05) is 36.7 Å². The minimum Gasteiger partial charge on any atom is -0.475 e. The second-order valence-electron chi connectivity index (χ2n) is 7.94. The Kier molecular flexibility index (Phi) is 11.0. The summed E-state index contributed by atoms with van der Waals surface area (Å²) in [6.45, 7) is 4.27. The Bertz CT molecular complexity index is 1010. The minimum atomic E-state index is -5.08. The number of piperidine rings is 1. The zero-order valence-electron chi connectivity index (χ0n) is 19.2. The number of halogens is 6. The van der Waals surface area contributed by atoms with Crippen molar-refractivity contribution in [1.82, 2.24) is 20.4 Å². The zero-order valence-corrected chi connectivity index (χ0v) is 20.1. The van der Waals surface area contributed by atoms with Crippen LogP contribution >= 0.6 is 11.3 Å². The molecule has 2 saturated heterocycles. The molecule has 0 unspecified atom stereocenters. The minimum absolute atomic E-state index is 0.0565. The number of likely N-dealkylation sites (tertiary alicyclic amines) is 1. The van der Waals surface area contributed by atoms with Crippen LogP contribution < -0.4 is 5.32 Å². The van der Waals surface area contributed by atoms with Crippen LogP contribution in [-0.4, -0.2) is 87.8 Å². The van der Waals surface area contributed by atoms with Gasteiger partial charge in [0.25, 0.3) is 5.91 Å². The molecular weight excluding hydrogens is 554 g/mol. The lowest BCUT2D eigenvalue weighted by Crippen LogP contribution is -2.45. The number of thiazole rings is 1. The highest BCUT2D eigenvalue weighted by Crippen LogP contribution is 2.34. The number of rotatable bonds is 5. The van der Waals surface area contributed by atoms with Gasteiger partial charge in [-0.05, 0) is 18.9 Å². The summed E-state index contributed by atoms with van der Waals surface area (Å²) in [7, 11) is 0. The van der Waals surface area contributed by atoms with Gasteiger partial charge in [-0.2, -0.15) is 26.3 Å². The lowest BCUT2D eigenvalue weighted by molar-refractivity contribution is -0.193. The molecule has 212 valence electrons. The molecule has 3 N–H and O–H groups in total. The highest BCUT2D eigenvalue weighted by molar-refractivity contribution is 7.09. The van der Waals surface area contributed by atoms with Crippen molar-refractivity contribution < 1.29 is 60.2 Å². The summed E-state index contributed by atoms with van der Waals surface area (Å²) in [5.74, 6) is -4.48. The van der Waals surface area contributed by atoms with Crippen LogP contribution in [0.2, 0.25) is 0 Å². The first-order valence-electron chi connectivity index (χ1n) is 10.7. The summed E-state index contributed by atoms with van der Waals surface area (Å²) in [6.07, 6.45) is -5.65. The Balaban J connectivity index is 0.000000301. The number of ether oxygens (including phenoxy) is 1. The number of carbonyl (C=O) groups excluding carboxylic acids is 1. The predicted molar refractivity (Wildman–Crippen MR) is 115 cm³/mol. The van der Waals surface area contributed by atoms with Crippen molar-refractivity contribution in [3.8, 4) is 0 Å². The Morgan fingerprint density at radius 2 is 1.74 bits per heavy atom. The maximum Gasteiger partial charge on any atom is 0.490 e. The lowest BCUT2D eigenvalue weighted by Gasteiger charge is -2.35. The van der Waals surface area contributed by atoms with E-state index >= 15 is 0 Å². The number of aromatic nitrogens is 2. The van der Waals surface area contributed by atoms with Crippen LogP contribution in [0.25, 0.3) is 0 Å². The topological polar surface area (TPSA) is 155 Å². The average molecular weight is 576 g/mol. The van der Waals surface area contributed by atoms with E-state index in [1.807, 2.05) is 11.6 Å². The molecule has 1 amide bonds. The smallest absolute Gasteiger partial charge is 0.475 e. The summed E-state index contributed by atoms with van der Waals surface area (Å²) in [5.41, 5.74) is 0. The molecule has 0 aliphatic carbocycles. The van der Waals surface area contributed by atoms with Gasteiger partial charge in [-0.1, -0.05) is 5.16 Å². The number of carboxylic acid groups (broad SMARTS) is 2. The summed E-state index contributed by atoms with van der Waals surface area (Å²) >= 11 is 1.70. The van der Waals surface area contributed by atoms with Crippen molar-refractivity contribution in [3.63, 3.8) is 0 Å². The molecule has 4 heterocycles. The summed E-state index contributed by atoms with van der Waals surface area (Å²) in [5, 5.41) is 23.9. The fourth-order valence-electron chi connectivity index (χ4n) is 3.59. The number of carboxylic acids is 2. The molecule has 38 heavy (non-hydrogen) atoms. The molecular formula is C20H22F6N4O7S. The molecule has 2 aliphatic rings. The molecule has 0 saturated carbocycles. The van der Waals surface area contributed by atoms with E-state index in [1.54, 1.807) is 17.4 Å². The quantitative estimate of drug-likeness (QED) is 0.453. The molecule has 0 bridgehead atoms. The van der Waals surface area contributed by atoms with Crippen molar-refractivity contribution in [2.45, 2.75) is 31.4 Å². The highest BCUT2D eigenvalue weighted by Gasteiger charge is 2.41. The van der Waals surface area contributed by atoms with Gasteiger partial charge in [0.15, 0.2) is 0 Å². The van der Waals surface area contributed by atoms with E-state index < -0.39 is 24.3 Å². The first-order valence-corrected chi connectivity index (χ1v) is 11.6. The molecule has 3 atom stereocenters. The summed E-state index contributed by atoms with van der Waals surface area (Å²) < 4.78 is 74.3. The van der Waals surface area contributed by atoms with Crippen LogP contribution in [0, 0.1) is 11.8 Å². The number of aliphatic carboxylic acids is 2. The van der Waals surface area contributed by atoms with Gasteiger partial charge in [0.05, 0.1) is 25.5 Å². The second-order valence-corrected chi connectivity index (χ2v) is 8.92. The highest BCUT2D eigenvalue weighted by atomic mass is 32.1. The number of hydrogen-bond donors (Lipinski definition) is 3. The molecule has 0 spiro atoms. The van der Waals surface area contributed by atoms with Gasteiger partial charge in [-0.15, -0.1) is 11.3 Å². The normalized spacial score (nSPS) is 21.3. The number of fused-ring (bicyclic) bond motifs is 1. The molecule has 0 radical (unpaired) electrons. The number of hydrogen-bond acceptors (Lipinski definition) is 9. The van der Waals surface area contributed by atoms with Crippen LogP contribution in [0.3, 0.4) is 0 Å². The number of nitrogens with zero attached hydrogens (tertiary/aromatic N) is 3. The van der Waals surface area contributed by atoms with E-state index in [0.29, 0.717) is 18.4 Å². The Morgan fingerprint density at radius 1 is 1.11 bits per heavy atom. The first-order chi connectivity index (χ1) is 17.7. The fourth-order valence-corrected chi connectivity index (χ4v) is 4.25. The zero-order chi connectivity index (χ0) is 28.5. The van der Waals surface area contributed by atoms with Crippen LogP contribution in [0.4, 0.5) is 26.3 Å². The van der Waals surface area contributed by atoms with E-state index in [0.717, 1.165) is 37.7 Å². The van der Waals surface area contributed by atoms with Gasteiger partial charge < -0.3 is 24.8 Å². The van der Waals surface area contributed by atoms with E-state index in [9.17, 15) is 31.1 Å². The third kappa shape index (κ3) is 9.90. The van der Waals surface area contributed by atoms with Crippen LogP contribution in [0.15, 0.2) is 28.4 Å². The Labute approximate surface area is 214 Å². The van der Waals surface area contributed by atoms with Crippen LogP contribution in [0.5, 0.6) is 0 Å². The summed E-state index contributed by atoms with van der Waals surface area (Å²) in [4.78, 5) is 36.6. The third-order valence-electron chi connectivity index (χ3n) is 5.35. The molecule has 2 fully saturated rings. The second kappa shape index (κ2) is 13.5. The van der Waals surface area contributed by atoms with Crippen molar-refractivity contribution in [3.05, 3.63) is 34.6 Å². The standard InChI is InChI=1S/C16H20N4O3S.2C2HF3O2/c21-16(13-1-3-19-23-13)18-7-14-12-8-20(5-2-11(12)10-22-14)9-15-17-4-6-24-15;2*3-2(4,5)1(6)7/h1,3-4,6,11-12,14H,2,5,7-10H2,(H,18,21);2*(H,6,7)/t11-,12-,14+;;/m0../s1. The number of nitrogens with one attached hydrogen (secondary N) is 1. The molecule has 2 aromatic rings. The van der Waals surface area contributed by atoms with Gasteiger partial charge in [0.1, 0.15) is 5.01 Å². The van der Waals surface area contributed by atoms with E-state index in [-0.39, 0.29) is 17.8 Å². The van der Waals surface area contributed by atoms with Crippen molar-refractivity contribution >= 4 is 29.2 Å². The molecule has 2 aromatic heterocycles. The van der Waals surface area contributed by atoms with Crippen LogP contribution in [0.1, 0.15) is 22.0 Å². The maximum absolute atomic E-state index is 12.0. The maximum atomic E-state index is 12.0. The Hall–Kier alpha value is -3.25. The number of carbonyl (C=O) groups is 3. The van der Waals surface area contributed by atoms with E-state index in [2.05, 4.69) is 20.4 Å². The van der Waals surface area contributed by atoms with Crippen molar-refractivity contribution in [2.24, 2.45) is 11.8 Å². The summed E-state index contributed by atoms with van der Waals surface area (Å²) in [6, 6.07) is 1.56. The van der Waals surface area contributed by atoms with Crippen molar-refractivity contribution in [1.29, 1.82) is 0 Å². The lowest BCUT2D eigenvalue weighted by atomic mass is 9.84. The monoisotopic (exact) mass is 576 g/mol. The molecule has 4 rings (SSSR count). The first kappa shape index (κ1) is 31.0. The van der Waals surface area contributed by atoms with Crippen molar-refractivity contribution in [2.75, 3.05) is 26.2 Å². The predicted octanol–water partition coefficient (Wildman–Crippen LogP) is 2.66. The largest absolute Gasteiger partial charge is 0.490 e. The molecule has 11 nitrogen and oxygen atoms in total. The van der Waals surface area contributed by atoms with Gasteiger partial charge >= 0.3 is 24.3 Å². The molecule has 0 aromatic carbocycles. The fraction of sp³-hybridized carbons (Fsp3) is 0.550. The molecule has 18 heteroatoms. The third-order valence-corrected chi connectivity index (χ3v) is 6.11. The van der Waals surface area contributed by atoms with E-state index in [4.69, 9.17) is 29.1 Å². The SMILES string of the molecule is O=C(NC[C@H]1OC[C@@H]2CCN(Cc3nccs3)C[C@@H]21)c1ccno1.O=C(O)C(F)(F)F.O=C(O)C(F)(F)F. The number of amides is 1. The molecule has 2 aliphatic heterocycles. The number of alkyl halides is 6. The van der Waals surface area contributed by atoms with Gasteiger partial charge in [0.2, 0.25) is 5.76 Å². The van der Waals surface area contributed by atoms with Gasteiger partial charge in [-0.3, -0.25) is 9.69 Å².